The quantitative estimate of drug-likeness (QED) is 0.806. The summed E-state index contributed by atoms with van der Waals surface area (Å²) in [6, 6.07) is 5.49. The molecule has 0 aliphatic heterocycles. The Balaban J connectivity index is 2.27. The van der Waals surface area contributed by atoms with Gasteiger partial charge in [0.25, 0.3) is 0 Å². The number of amides is 1. The zero-order valence-corrected chi connectivity index (χ0v) is 11.9. The van der Waals surface area contributed by atoms with Crippen molar-refractivity contribution in [2.24, 2.45) is 5.92 Å². The molecule has 0 saturated heterocycles. The minimum absolute atomic E-state index is 0.0708. The van der Waals surface area contributed by atoms with Crippen LogP contribution in [0, 0.1) is 12.8 Å². The molecule has 0 aliphatic rings. The average Bonchev–Trinajstić information content (AvgIpc) is 2.25. The van der Waals surface area contributed by atoms with Gasteiger partial charge in [-0.1, -0.05) is 25.4 Å². The number of halogens is 1. The molecule has 0 radical (unpaired) electrons. The van der Waals surface area contributed by atoms with Gasteiger partial charge in [0.05, 0.1) is 6.54 Å². The Labute approximate surface area is 113 Å². The lowest BCUT2D eigenvalue weighted by Gasteiger charge is -2.10. The van der Waals surface area contributed by atoms with Crippen molar-refractivity contribution in [3.05, 3.63) is 28.8 Å². The highest BCUT2D eigenvalue weighted by Gasteiger charge is 2.04. The SMILES string of the molecule is Cc1cc(Cl)ccc1OCCNC(=O)CC(C)C. The van der Waals surface area contributed by atoms with Crippen LogP contribution in [0.3, 0.4) is 0 Å². The Bertz CT molecular complexity index is 405. The average molecular weight is 270 g/mol. The molecule has 1 aromatic carbocycles. The van der Waals surface area contributed by atoms with E-state index in [0.29, 0.717) is 30.5 Å². The predicted molar refractivity (Wildman–Crippen MR) is 74.1 cm³/mol. The van der Waals surface area contributed by atoms with Crippen LogP contribution in [0.15, 0.2) is 18.2 Å². The van der Waals surface area contributed by atoms with Gasteiger partial charge >= 0.3 is 0 Å². The number of aryl methyl sites for hydroxylation is 1. The summed E-state index contributed by atoms with van der Waals surface area (Å²) < 4.78 is 5.57. The highest BCUT2D eigenvalue weighted by Crippen LogP contribution is 2.21. The van der Waals surface area contributed by atoms with Crippen LogP contribution in [0.4, 0.5) is 0 Å². The van der Waals surface area contributed by atoms with Gasteiger partial charge in [0.15, 0.2) is 0 Å². The van der Waals surface area contributed by atoms with Crippen molar-refractivity contribution in [3.63, 3.8) is 0 Å². The summed E-state index contributed by atoms with van der Waals surface area (Å²) in [5.41, 5.74) is 0.996. The van der Waals surface area contributed by atoms with E-state index in [1.165, 1.54) is 0 Å². The molecule has 3 nitrogen and oxygen atoms in total. The number of hydrogen-bond acceptors (Lipinski definition) is 2. The van der Waals surface area contributed by atoms with Gasteiger partial charge in [-0.2, -0.15) is 0 Å². The number of rotatable bonds is 6. The van der Waals surface area contributed by atoms with Gasteiger partial charge in [0, 0.05) is 11.4 Å². The standard InChI is InChI=1S/C14H20ClNO2/c1-10(2)8-14(17)16-6-7-18-13-5-4-12(15)9-11(13)3/h4-5,9-10H,6-8H2,1-3H3,(H,16,17). The third kappa shape index (κ3) is 5.41. The molecule has 1 aromatic rings. The van der Waals surface area contributed by atoms with E-state index in [4.69, 9.17) is 16.3 Å². The van der Waals surface area contributed by atoms with Crippen LogP contribution < -0.4 is 10.1 Å². The molecule has 0 heterocycles. The van der Waals surface area contributed by atoms with Gasteiger partial charge in [-0.15, -0.1) is 0 Å². The monoisotopic (exact) mass is 269 g/mol. The number of hydrogen-bond donors (Lipinski definition) is 1. The van der Waals surface area contributed by atoms with Gasteiger partial charge in [-0.05, 0) is 36.6 Å². The fourth-order valence-corrected chi connectivity index (χ4v) is 1.80. The zero-order chi connectivity index (χ0) is 13.5. The van der Waals surface area contributed by atoms with Crippen LogP contribution in [-0.4, -0.2) is 19.1 Å². The molecule has 4 heteroatoms. The minimum Gasteiger partial charge on any atom is -0.491 e. The second-order valence-electron chi connectivity index (χ2n) is 4.71. The molecule has 0 saturated carbocycles. The first-order chi connectivity index (χ1) is 8.49. The first-order valence-electron chi connectivity index (χ1n) is 6.14. The molecule has 0 bridgehead atoms. The highest BCUT2D eigenvalue weighted by atomic mass is 35.5. The number of carbonyl (C=O) groups is 1. The van der Waals surface area contributed by atoms with Crippen LogP contribution >= 0.6 is 11.6 Å². The second kappa shape index (κ2) is 7.27. The Morgan fingerprint density at radius 3 is 2.78 bits per heavy atom. The van der Waals surface area contributed by atoms with Crippen molar-refractivity contribution >= 4 is 17.5 Å². The van der Waals surface area contributed by atoms with Crippen molar-refractivity contribution in [2.45, 2.75) is 27.2 Å². The van der Waals surface area contributed by atoms with Gasteiger partial charge in [-0.3, -0.25) is 4.79 Å². The molecule has 1 rings (SSSR count). The fourth-order valence-electron chi connectivity index (χ4n) is 1.57. The Morgan fingerprint density at radius 2 is 2.17 bits per heavy atom. The summed E-state index contributed by atoms with van der Waals surface area (Å²) in [7, 11) is 0. The fraction of sp³-hybridized carbons (Fsp3) is 0.500. The maximum Gasteiger partial charge on any atom is 0.220 e. The lowest BCUT2D eigenvalue weighted by molar-refractivity contribution is -0.121. The van der Waals surface area contributed by atoms with E-state index in [-0.39, 0.29) is 5.91 Å². The molecule has 1 amide bonds. The van der Waals surface area contributed by atoms with Gasteiger partial charge in [-0.25, -0.2) is 0 Å². The highest BCUT2D eigenvalue weighted by molar-refractivity contribution is 6.30. The Kier molecular flexibility index (Phi) is 5.99. The zero-order valence-electron chi connectivity index (χ0n) is 11.1. The lowest BCUT2D eigenvalue weighted by atomic mass is 10.1. The molecular weight excluding hydrogens is 250 g/mol. The van der Waals surface area contributed by atoms with Crippen molar-refractivity contribution < 1.29 is 9.53 Å². The van der Waals surface area contributed by atoms with Crippen LogP contribution in [0.1, 0.15) is 25.8 Å². The maximum absolute atomic E-state index is 11.4. The maximum atomic E-state index is 11.4. The smallest absolute Gasteiger partial charge is 0.220 e. The molecule has 18 heavy (non-hydrogen) atoms. The second-order valence-corrected chi connectivity index (χ2v) is 5.14. The molecule has 100 valence electrons. The molecule has 0 aliphatic carbocycles. The molecule has 0 fully saturated rings. The first-order valence-corrected chi connectivity index (χ1v) is 6.52. The summed E-state index contributed by atoms with van der Waals surface area (Å²) in [4.78, 5) is 11.4. The molecule has 1 N–H and O–H groups in total. The van der Waals surface area contributed by atoms with Crippen LogP contribution in [-0.2, 0) is 4.79 Å². The van der Waals surface area contributed by atoms with Crippen molar-refractivity contribution in [3.8, 4) is 5.75 Å². The van der Waals surface area contributed by atoms with Gasteiger partial charge < -0.3 is 10.1 Å². The van der Waals surface area contributed by atoms with E-state index >= 15 is 0 Å². The van der Waals surface area contributed by atoms with Crippen LogP contribution in [0.25, 0.3) is 0 Å². The van der Waals surface area contributed by atoms with Crippen LogP contribution in [0.5, 0.6) is 5.75 Å². The summed E-state index contributed by atoms with van der Waals surface area (Å²) >= 11 is 5.86. The lowest BCUT2D eigenvalue weighted by Crippen LogP contribution is -2.28. The topological polar surface area (TPSA) is 38.3 Å². The van der Waals surface area contributed by atoms with E-state index in [0.717, 1.165) is 11.3 Å². The first kappa shape index (κ1) is 14.8. The summed E-state index contributed by atoms with van der Waals surface area (Å²) in [6.45, 7) is 6.97. The minimum atomic E-state index is 0.0708. The Hall–Kier alpha value is -1.22. The molecular formula is C14H20ClNO2. The van der Waals surface area contributed by atoms with Crippen LogP contribution in [0.2, 0.25) is 5.02 Å². The molecule has 0 aromatic heterocycles. The number of ether oxygens (including phenoxy) is 1. The van der Waals surface area contributed by atoms with E-state index in [2.05, 4.69) is 5.32 Å². The number of nitrogens with one attached hydrogen (secondary N) is 1. The van der Waals surface area contributed by atoms with E-state index < -0.39 is 0 Å². The van der Waals surface area contributed by atoms with E-state index in [9.17, 15) is 4.79 Å². The normalized spacial score (nSPS) is 10.5. The van der Waals surface area contributed by atoms with Gasteiger partial charge in [0.1, 0.15) is 12.4 Å². The van der Waals surface area contributed by atoms with Crippen molar-refractivity contribution in [1.29, 1.82) is 0 Å². The molecule has 0 unspecified atom stereocenters. The number of benzene rings is 1. The third-order valence-electron chi connectivity index (χ3n) is 2.41. The third-order valence-corrected chi connectivity index (χ3v) is 2.65. The van der Waals surface area contributed by atoms with Crippen molar-refractivity contribution in [2.75, 3.05) is 13.2 Å². The van der Waals surface area contributed by atoms with E-state index in [1.807, 2.05) is 32.9 Å². The number of carbonyl (C=O) groups excluding carboxylic acids is 1. The van der Waals surface area contributed by atoms with Crippen molar-refractivity contribution in [1.82, 2.24) is 5.32 Å². The molecule has 0 atom stereocenters. The predicted octanol–water partition coefficient (Wildman–Crippen LogP) is 3.19. The summed E-state index contributed by atoms with van der Waals surface area (Å²) in [5, 5.41) is 3.52. The Morgan fingerprint density at radius 1 is 1.44 bits per heavy atom. The van der Waals surface area contributed by atoms with Gasteiger partial charge in [0.2, 0.25) is 5.91 Å². The van der Waals surface area contributed by atoms with E-state index in [1.54, 1.807) is 6.07 Å². The summed E-state index contributed by atoms with van der Waals surface area (Å²) in [5.74, 6) is 1.25. The summed E-state index contributed by atoms with van der Waals surface area (Å²) in [6.07, 6.45) is 0.556. The largest absolute Gasteiger partial charge is 0.491 e. The molecule has 0 spiro atoms.